The number of nitriles is 1. The first kappa shape index (κ1) is 19.3. The van der Waals surface area contributed by atoms with Gasteiger partial charge in [0.15, 0.2) is 0 Å². The molecule has 0 N–H and O–H groups in total. The highest BCUT2D eigenvalue weighted by Gasteiger charge is 2.15. The highest BCUT2D eigenvalue weighted by atomic mass is 32.2. The maximum absolute atomic E-state index is 9.65. The molecule has 128 valence electrons. The van der Waals surface area contributed by atoms with Crippen molar-refractivity contribution in [1.29, 1.82) is 5.26 Å². The molecule has 2 heterocycles. The largest absolute Gasteiger partial charge is 0.305 e. The van der Waals surface area contributed by atoms with E-state index in [0.717, 1.165) is 38.4 Å². The summed E-state index contributed by atoms with van der Waals surface area (Å²) in [5.41, 5.74) is 2.76. The maximum atomic E-state index is 9.65. The molecule has 0 spiro atoms. The van der Waals surface area contributed by atoms with Gasteiger partial charge in [0.2, 0.25) is 0 Å². The molecule has 2 aromatic heterocycles. The van der Waals surface area contributed by atoms with Gasteiger partial charge in [-0.05, 0) is 49.3 Å². The van der Waals surface area contributed by atoms with Crippen LogP contribution in [0.5, 0.6) is 0 Å². The first-order valence-electron chi connectivity index (χ1n) is 7.98. The standard InChI is InChI=1S/C18H23N3S3/c1-4-5-8-22-13-24-18-15(11-19)14(12-21(2)3)10-16(20-18)17-7-6-9-23-17/h6-7,9-10H,4-5,8,12-13H2,1-3H3. The van der Waals surface area contributed by atoms with Crippen LogP contribution in [0.4, 0.5) is 0 Å². The summed E-state index contributed by atoms with van der Waals surface area (Å²) in [6, 6.07) is 8.57. The highest BCUT2D eigenvalue weighted by molar-refractivity contribution is 8.15. The topological polar surface area (TPSA) is 39.9 Å². The van der Waals surface area contributed by atoms with Crippen LogP contribution >= 0.6 is 34.9 Å². The van der Waals surface area contributed by atoms with E-state index in [0.29, 0.717) is 0 Å². The van der Waals surface area contributed by atoms with Gasteiger partial charge in [0.25, 0.3) is 0 Å². The van der Waals surface area contributed by atoms with Crippen molar-refractivity contribution in [2.75, 3.05) is 24.9 Å². The number of nitrogens with zero attached hydrogens (tertiary/aromatic N) is 3. The number of aromatic nitrogens is 1. The van der Waals surface area contributed by atoms with Gasteiger partial charge < -0.3 is 4.90 Å². The summed E-state index contributed by atoms with van der Waals surface area (Å²) in [6.07, 6.45) is 2.46. The van der Waals surface area contributed by atoms with Crippen molar-refractivity contribution in [2.24, 2.45) is 0 Å². The number of unbranched alkanes of at least 4 members (excludes halogenated alkanes) is 1. The van der Waals surface area contributed by atoms with Gasteiger partial charge in [-0.2, -0.15) is 17.0 Å². The highest BCUT2D eigenvalue weighted by Crippen LogP contribution is 2.32. The summed E-state index contributed by atoms with van der Waals surface area (Å²) in [4.78, 5) is 8.04. The minimum atomic E-state index is 0.727. The lowest BCUT2D eigenvalue weighted by atomic mass is 10.1. The number of hydrogen-bond donors (Lipinski definition) is 0. The van der Waals surface area contributed by atoms with E-state index >= 15 is 0 Å². The van der Waals surface area contributed by atoms with Gasteiger partial charge in [-0.25, -0.2) is 4.98 Å². The molecule has 0 unspecified atom stereocenters. The lowest BCUT2D eigenvalue weighted by Gasteiger charge is -2.15. The molecule has 0 radical (unpaired) electrons. The van der Waals surface area contributed by atoms with Crippen LogP contribution in [0.3, 0.4) is 0 Å². The Labute approximate surface area is 157 Å². The normalized spacial score (nSPS) is 11.0. The molecule has 0 aromatic carbocycles. The minimum absolute atomic E-state index is 0.727. The Morgan fingerprint density at radius 2 is 2.21 bits per heavy atom. The number of pyridine rings is 1. The third-order valence-corrected chi connectivity index (χ3v) is 6.54. The number of thioether (sulfide) groups is 2. The van der Waals surface area contributed by atoms with Crippen molar-refractivity contribution in [2.45, 2.75) is 31.3 Å². The SMILES string of the molecule is CCCCSCSc1nc(-c2cccs2)cc(CN(C)C)c1C#N. The summed E-state index contributed by atoms with van der Waals surface area (Å²) < 4.78 is 0. The van der Waals surface area contributed by atoms with E-state index < -0.39 is 0 Å². The average molecular weight is 378 g/mol. The second-order valence-corrected chi connectivity index (χ2v) is 9.08. The van der Waals surface area contributed by atoms with Gasteiger partial charge in [0, 0.05) is 11.6 Å². The zero-order valence-electron chi connectivity index (χ0n) is 14.4. The van der Waals surface area contributed by atoms with E-state index in [4.69, 9.17) is 4.98 Å². The lowest BCUT2D eigenvalue weighted by molar-refractivity contribution is 0.401. The molecule has 0 atom stereocenters. The van der Waals surface area contributed by atoms with Crippen molar-refractivity contribution in [1.82, 2.24) is 9.88 Å². The maximum Gasteiger partial charge on any atom is 0.116 e. The molecule has 2 aromatic rings. The predicted molar refractivity (Wildman–Crippen MR) is 108 cm³/mol. The Bertz CT molecular complexity index is 676. The van der Waals surface area contributed by atoms with E-state index in [1.165, 1.54) is 18.6 Å². The molecule has 0 aliphatic heterocycles. The third kappa shape index (κ3) is 5.52. The summed E-state index contributed by atoms with van der Waals surface area (Å²) in [6.45, 7) is 2.96. The van der Waals surface area contributed by atoms with Crippen LogP contribution in [0, 0.1) is 11.3 Å². The van der Waals surface area contributed by atoms with Crippen LogP contribution in [0.25, 0.3) is 10.6 Å². The first-order chi connectivity index (χ1) is 11.7. The van der Waals surface area contributed by atoms with E-state index in [2.05, 4.69) is 35.4 Å². The molecule has 0 aliphatic carbocycles. The predicted octanol–water partition coefficient (Wildman–Crippen LogP) is 5.33. The average Bonchev–Trinajstić information content (AvgIpc) is 3.08. The molecule has 0 saturated heterocycles. The Morgan fingerprint density at radius 1 is 1.38 bits per heavy atom. The van der Waals surface area contributed by atoms with Crippen molar-refractivity contribution < 1.29 is 0 Å². The number of rotatable bonds is 9. The van der Waals surface area contributed by atoms with E-state index in [1.54, 1.807) is 23.1 Å². The summed E-state index contributed by atoms with van der Waals surface area (Å²) in [7, 11) is 4.06. The van der Waals surface area contributed by atoms with Crippen LogP contribution < -0.4 is 0 Å². The molecule has 6 heteroatoms. The van der Waals surface area contributed by atoms with Crippen LogP contribution in [0.2, 0.25) is 0 Å². The van der Waals surface area contributed by atoms with Gasteiger partial charge in [0.1, 0.15) is 11.1 Å². The second kappa shape index (κ2) is 10.1. The van der Waals surface area contributed by atoms with Crippen molar-refractivity contribution in [3.63, 3.8) is 0 Å². The summed E-state index contributed by atoms with van der Waals surface area (Å²) >= 11 is 5.30. The quantitative estimate of drug-likeness (QED) is 0.336. The molecule has 0 fully saturated rings. The first-order valence-corrected chi connectivity index (χ1v) is 11.0. The molecule has 0 bridgehead atoms. The number of hydrogen-bond acceptors (Lipinski definition) is 6. The monoisotopic (exact) mass is 377 g/mol. The van der Waals surface area contributed by atoms with Gasteiger partial charge in [0.05, 0.1) is 16.1 Å². The second-order valence-electron chi connectivity index (χ2n) is 5.70. The van der Waals surface area contributed by atoms with Crippen molar-refractivity contribution in [3.8, 4) is 16.6 Å². The molecule has 0 saturated carbocycles. The van der Waals surface area contributed by atoms with Crippen LogP contribution in [0.15, 0.2) is 28.6 Å². The zero-order valence-corrected chi connectivity index (χ0v) is 16.9. The molecular weight excluding hydrogens is 354 g/mol. The Kier molecular flexibility index (Phi) is 8.13. The Morgan fingerprint density at radius 3 is 2.83 bits per heavy atom. The van der Waals surface area contributed by atoms with E-state index in [9.17, 15) is 5.26 Å². The molecule has 0 amide bonds. The molecule has 0 aliphatic rings. The number of thiophene rings is 1. The smallest absolute Gasteiger partial charge is 0.116 e. The fourth-order valence-corrected chi connectivity index (χ4v) is 5.13. The van der Waals surface area contributed by atoms with Gasteiger partial charge in [-0.3, -0.25) is 0 Å². The fraction of sp³-hybridized carbons (Fsp3) is 0.444. The van der Waals surface area contributed by atoms with Crippen LogP contribution in [0.1, 0.15) is 30.9 Å². The van der Waals surface area contributed by atoms with Gasteiger partial charge in [-0.1, -0.05) is 31.2 Å². The molecule has 2 rings (SSSR count). The molecule has 3 nitrogen and oxygen atoms in total. The lowest BCUT2D eigenvalue weighted by Crippen LogP contribution is -2.13. The summed E-state index contributed by atoms with van der Waals surface area (Å²) in [5.74, 6) is 1.17. The zero-order chi connectivity index (χ0) is 17.4. The van der Waals surface area contributed by atoms with Crippen molar-refractivity contribution >= 4 is 34.9 Å². The van der Waals surface area contributed by atoms with Crippen molar-refractivity contribution in [3.05, 3.63) is 34.7 Å². The Hall–Kier alpha value is -1.00. The molecular formula is C18H23N3S3. The van der Waals surface area contributed by atoms with E-state index in [-0.39, 0.29) is 0 Å². The third-order valence-electron chi connectivity index (χ3n) is 3.36. The van der Waals surface area contributed by atoms with Gasteiger partial charge in [-0.15, -0.1) is 11.3 Å². The van der Waals surface area contributed by atoms with Gasteiger partial charge >= 0.3 is 0 Å². The summed E-state index contributed by atoms with van der Waals surface area (Å²) in [5, 5.41) is 13.5. The minimum Gasteiger partial charge on any atom is -0.305 e. The Balaban J connectivity index is 2.28. The fourth-order valence-electron chi connectivity index (χ4n) is 2.21. The van der Waals surface area contributed by atoms with Crippen LogP contribution in [-0.2, 0) is 6.54 Å². The molecule has 24 heavy (non-hydrogen) atoms. The van der Waals surface area contributed by atoms with Crippen LogP contribution in [-0.4, -0.2) is 34.8 Å². The van der Waals surface area contributed by atoms with E-state index in [1.807, 2.05) is 31.9 Å².